The standard InChI is InChI=1S/C21H18F3N3O7S/c1-30-15-7-13-14(8-16(15)34-35(28,29)21(22,23)24)26-10-11(9-25)19(13)27-12-5-17(31-2)20(33-4)18(6-12)32-3/h5-8,10H,1-4H3,(H,26,27). The molecule has 35 heavy (non-hydrogen) atoms. The van der Waals surface area contributed by atoms with E-state index in [1.807, 2.05) is 6.07 Å². The van der Waals surface area contributed by atoms with Gasteiger partial charge in [-0.05, 0) is 6.07 Å². The third-order valence-corrected chi connectivity index (χ3v) is 5.66. The largest absolute Gasteiger partial charge is 0.534 e. The van der Waals surface area contributed by atoms with Gasteiger partial charge < -0.3 is 28.4 Å². The van der Waals surface area contributed by atoms with Crippen LogP contribution in [0.3, 0.4) is 0 Å². The van der Waals surface area contributed by atoms with Crippen LogP contribution in [0.5, 0.6) is 28.7 Å². The maximum absolute atomic E-state index is 12.8. The molecule has 0 spiro atoms. The van der Waals surface area contributed by atoms with E-state index in [1.54, 1.807) is 12.1 Å². The Balaban J connectivity index is 2.19. The maximum atomic E-state index is 12.8. The van der Waals surface area contributed by atoms with Gasteiger partial charge in [0.15, 0.2) is 23.0 Å². The van der Waals surface area contributed by atoms with Crippen LogP contribution in [0.2, 0.25) is 0 Å². The lowest BCUT2D eigenvalue weighted by Gasteiger charge is -2.17. The molecule has 0 aliphatic heterocycles. The average molecular weight is 513 g/mol. The first-order valence-electron chi connectivity index (χ1n) is 9.48. The van der Waals surface area contributed by atoms with E-state index in [4.69, 9.17) is 18.9 Å². The van der Waals surface area contributed by atoms with E-state index >= 15 is 0 Å². The molecule has 3 rings (SSSR count). The summed E-state index contributed by atoms with van der Waals surface area (Å²) in [4.78, 5) is 4.03. The number of aromatic nitrogens is 1. The maximum Gasteiger partial charge on any atom is 0.534 e. The number of alkyl halides is 3. The lowest BCUT2D eigenvalue weighted by Crippen LogP contribution is -2.28. The fourth-order valence-electron chi connectivity index (χ4n) is 3.11. The zero-order chi connectivity index (χ0) is 26.0. The van der Waals surface area contributed by atoms with Crippen LogP contribution in [0, 0.1) is 11.3 Å². The van der Waals surface area contributed by atoms with Crippen LogP contribution in [0.25, 0.3) is 10.9 Å². The Morgan fingerprint density at radius 2 is 1.51 bits per heavy atom. The van der Waals surface area contributed by atoms with E-state index in [9.17, 15) is 26.9 Å². The molecule has 14 heteroatoms. The SMILES string of the molecule is COc1cc2c(Nc3cc(OC)c(OC)c(OC)c3)c(C#N)cnc2cc1OS(=O)(=O)C(F)(F)F. The Morgan fingerprint density at radius 3 is 2.00 bits per heavy atom. The van der Waals surface area contributed by atoms with E-state index in [1.165, 1.54) is 27.4 Å². The van der Waals surface area contributed by atoms with E-state index in [2.05, 4.69) is 14.5 Å². The summed E-state index contributed by atoms with van der Waals surface area (Å²) in [7, 11) is -0.571. The second-order valence-electron chi connectivity index (χ2n) is 6.70. The Hall–Kier alpha value is -4.12. The summed E-state index contributed by atoms with van der Waals surface area (Å²) in [6, 6.07) is 7.26. The van der Waals surface area contributed by atoms with E-state index in [-0.39, 0.29) is 27.9 Å². The van der Waals surface area contributed by atoms with Crippen LogP contribution in [0.4, 0.5) is 24.5 Å². The smallest absolute Gasteiger partial charge is 0.493 e. The first-order chi connectivity index (χ1) is 16.5. The first kappa shape index (κ1) is 25.5. The van der Waals surface area contributed by atoms with Crippen molar-refractivity contribution in [3.63, 3.8) is 0 Å². The predicted octanol–water partition coefficient (Wildman–Crippen LogP) is 4.11. The van der Waals surface area contributed by atoms with Gasteiger partial charge in [-0.25, -0.2) is 0 Å². The second-order valence-corrected chi connectivity index (χ2v) is 8.24. The number of methoxy groups -OCH3 is 4. The monoisotopic (exact) mass is 513 g/mol. The van der Waals surface area contributed by atoms with Crippen LogP contribution in [0.1, 0.15) is 5.56 Å². The average Bonchev–Trinajstić information content (AvgIpc) is 2.82. The van der Waals surface area contributed by atoms with E-state index < -0.39 is 21.4 Å². The highest BCUT2D eigenvalue weighted by Gasteiger charge is 2.49. The molecule has 2 aromatic carbocycles. The van der Waals surface area contributed by atoms with Gasteiger partial charge in [-0.1, -0.05) is 0 Å². The molecule has 0 unspecified atom stereocenters. The van der Waals surface area contributed by atoms with Crippen molar-refractivity contribution in [1.82, 2.24) is 4.98 Å². The molecule has 0 aliphatic carbocycles. The van der Waals surface area contributed by atoms with Crippen LogP contribution in [0.15, 0.2) is 30.5 Å². The molecule has 0 amide bonds. The highest BCUT2D eigenvalue weighted by Crippen LogP contribution is 2.43. The van der Waals surface area contributed by atoms with Crippen LogP contribution in [-0.4, -0.2) is 47.3 Å². The van der Waals surface area contributed by atoms with Gasteiger partial charge >= 0.3 is 15.6 Å². The van der Waals surface area contributed by atoms with Gasteiger partial charge in [0.1, 0.15) is 6.07 Å². The molecule has 1 aromatic heterocycles. The number of nitriles is 1. The van der Waals surface area contributed by atoms with Crippen molar-refractivity contribution in [2.75, 3.05) is 33.8 Å². The Labute approximate surface area is 197 Å². The van der Waals surface area contributed by atoms with Gasteiger partial charge in [0.2, 0.25) is 5.75 Å². The van der Waals surface area contributed by atoms with Crippen molar-refractivity contribution < 1.29 is 44.7 Å². The van der Waals surface area contributed by atoms with Crippen LogP contribution < -0.4 is 28.4 Å². The number of hydrogen-bond acceptors (Lipinski definition) is 10. The molecule has 1 N–H and O–H groups in total. The number of benzene rings is 2. The summed E-state index contributed by atoms with van der Waals surface area (Å²) in [5, 5.41) is 12.9. The third kappa shape index (κ3) is 4.90. The summed E-state index contributed by atoms with van der Waals surface area (Å²) in [6.45, 7) is 0. The number of hydrogen-bond donors (Lipinski definition) is 1. The Kier molecular flexibility index (Phi) is 7.01. The lowest BCUT2D eigenvalue weighted by atomic mass is 10.1. The molecule has 186 valence electrons. The molecule has 3 aromatic rings. The van der Waals surface area contributed by atoms with Gasteiger partial charge in [-0.2, -0.15) is 26.9 Å². The summed E-state index contributed by atoms with van der Waals surface area (Å²) in [6.07, 6.45) is 1.16. The predicted molar refractivity (Wildman–Crippen MR) is 118 cm³/mol. The van der Waals surface area contributed by atoms with Crippen molar-refractivity contribution >= 4 is 32.4 Å². The van der Waals surface area contributed by atoms with Gasteiger partial charge in [-0.3, -0.25) is 4.98 Å². The van der Waals surface area contributed by atoms with Crippen LogP contribution >= 0.6 is 0 Å². The molecule has 0 radical (unpaired) electrons. The normalized spacial score (nSPS) is 11.5. The minimum atomic E-state index is -5.96. The summed E-state index contributed by atoms with van der Waals surface area (Å²) in [5.74, 6) is -0.105. The molecular formula is C21H18F3N3O7S. The van der Waals surface area contributed by atoms with Gasteiger partial charge in [0.25, 0.3) is 0 Å². The van der Waals surface area contributed by atoms with Gasteiger partial charge in [0.05, 0.1) is 45.2 Å². The molecule has 0 saturated heterocycles. The lowest BCUT2D eigenvalue weighted by molar-refractivity contribution is -0.0500. The number of pyridine rings is 1. The van der Waals surface area contributed by atoms with Crippen molar-refractivity contribution in [3.05, 3.63) is 36.0 Å². The number of nitrogens with zero attached hydrogens (tertiary/aromatic N) is 2. The summed E-state index contributed by atoms with van der Waals surface area (Å²) in [5.41, 5.74) is -4.95. The minimum absolute atomic E-state index is 0.0205. The highest BCUT2D eigenvalue weighted by molar-refractivity contribution is 7.88. The fourth-order valence-corrected chi connectivity index (χ4v) is 3.57. The molecule has 0 aliphatic rings. The highest BCUT2D eigenvalue weighted by atomic mass is 32.2. The first-order valence-corrected chi connectivity index (χ1v) is 10.9. The number of nitrogens with one attached hydrogen (secondary N) is 1. The van der Waals surface area contributed by atoms with Crippen LogP contribution in [-0.2, 0) is 10.1 Å². The van der Waals surface area contributed by atoms with Crippen molar-refractivity contribution in [3.8, 4) is 34.8 Å². The molecule has 0 fully saturated rings. The molecule has 1 heterocycles. The number of ether oxygens (including phenoxy) is 4. The van der Waals surface area contributed by atoms with Gasteiger partial charge in [-0.15, -0.1) is 0 Å². The van der Waals surface area contributed by atoms with Crippen molar-refractivity contribution in [1.29, 1.82) is 5.26 Å². The molecule has 10 nitrogen and oxygen atoms in total. The van der Waals surface area contributed by atoms with Crippen molar-refractivity contribution in [2.45, 2.75) is 5.51 Å². The van der Waals surface area contributed by atoms with E-state index in [0.29, 0.717) is 22.9 Å². The number of rotatable bonds is 8. The zero-order valence-corrected chi connectivity index (χ0v) is 19.5. The molecular weight excluding hydrogens is 495 g/mol. The van der Waals surface area contributed by atoms with Crippen molar-refractivity contribution in [2.24, 2.45) is 0 Å². The quantitative estimate of drug-likeness (QED) is 0.347. The molecule has 0 atom stereocenters. The third-order valence-electron chi connectivity index (χ3n) is 4.69. The van der Waals surface area contributed by atoms with Gasteiger partial charge in [0, 0.05) is 35.5 Å². The number of fused-ring (bicyclic) bond motifs is 1. The van der Waals surface area contributed by atoms with E-state index in [0.717, 1.165) is 19.4 Å². The fraction of sp³-hybridized carbons (Fsp3) is 0.238. The minimum Gasteiger partial charge on any atom is -0.493 e. The second kappa shape index (κ2) is 9.63. The summed E-state index contributed by atoms with van der Waals surface area (Å²) < 4.78 is 86.6. The summed E-state index contributed by atoms with van der Waals surface area (Å²) >= 11 is 0. The molecule has 0 saturated carbocycles. The number of halogens is 3. The number of anilines is 2. The Bertz CT molecular complexity index is 1400. The Morgan fingerprint density at radius 1 is 0.914 bits per heavy atom. The zero-order valence-electron chi connectivity index (χ0n) is 18.7. The topological polar surface area (TPSA) is 129 Å². The molecule has 0 bridgehead atoms.